The average Bonchev–Trinajstić information content (AvgIpc) is 2.55. The third-order valence-electron chi connectivity index (χ3n) is 3.73. The molecule has 1 aliphatic heterocycles. The van der Waals surface area contributed by atoms with E-state index in [1.165, 1.54) is 6.92 Å². The lowest BCUT2D eigenvalue weighted by atomic mass is 10.3. The molecule has 1 rings (SSSR count). The lowest BCUT2D eigenvalue weighted by Gasteiger charge is -2.29. The van der Waals surface area contributed by atoms with Crippen molar-refractivity contribution in [1.82, 2.24) is 14.7 Å². The van der Waals surface area contributed by atoms with E-state index in [1.807, 2.05) is 18.7 Å². The number of carboxylic acids is 2. The molecule has 0 bridgehead atoms. The molecule has 0 radical (unpaired) electrons. The van der Waals surface area contributed by atoms with Crippen molar-refractivity contribution in [3.63, 3.8) is 0 Å². The van der Waals surface area contributed by atoms with Gasteiger partial charge in [0.15, 0.2) is 0 Å². The van der Waals surface area contributed by atoms with Crippen LogP contribution in [0.25, 0.3) is 0 Å². The molecule has 9 nitrogen and oxygen atoms in total. The maximum atomic E-state index is 11.3. The topological polar surface area (TPSA) is 111 Å². The van der Waals surface area contributed by atoms with E-state index in [0.717, 1.165) is 0 Å². The first-order chi connectivity index (χ1) is 12.4. The van der Waals surface area contributed by atoms with Gasteiger partial charge in [-0.05, 0) is 6.92 Å². The predicted molar refractivity (Wildman–Crippen MR) is 97.4 cm³/mol. The standard InChI is InChI=1S/C15H27N3O6.C2H6/c1-13(19)10-17-4-2-16(11-14(20)21)3-5-18(12-15(22)23)7-9-24-8-6-17;1-2/h2-12H2,1H3,(H,20,21)(H,22,23);1-2H3. The molecule has 1 fully saturated rings. The molecule has 2 N–H and O–H groups in total. The Labute approximate surface area is 155 Å². The summed E-state index contributed by atoms with van der Waals surface area (Å²) in [5.74, 6) is -1.78. The summed E-state index contributed by atoms with van der Waals surface area (Å²) in [6.07, 6.45) is 0. The van der Waals surface area contributed by atoms with Gasteiger partial charge in [-0.2, -0.15) is 0 Å². The van der Waals surface area contributed by atoms with Crippen molar-refractivity contribution in [1.29, 1.82) is 0 Å². The number of Topliss-reactive ketones (excluding diaryl/α,β-unsaturated/α-hetero) is 1. The van der Waals surface area contributed by atoms with Crippen molar-refractivity contribution in [2.75, 3.05) is 72.1 Å². The Bertz CT molecular complexity index is 403. The van der Waals surface area contributed by atoms with Crippen LogP contribution in [0.1, 0.15) is 20.8 Å². The van der Waals surface area contributed by atoms with E-state index >= 15 is 0 Å². The lowest BCUT2D eigenvalue weighted by molar-refractivity contribution is -0.140. The molecule has 1 saturated heterocycles. The van der Waals surface area contributed by atoms with Gasteiger partial charge in [-0.15, -0.1) is 0 Å². The van der Waals surface area contributed by atoms with Crippen LogP contribution in [-0.2, 0) is 19.1 Å². The second kappa shape index (κ2) is 14.6. The second-order valence-electron chi connectivity index (χ2n) is 5.93. The Balaban J connectivity index is 0.00000301. The largest absolute Gasteiger partial charge is 0.480 e. The molecule has 0 aromatic rings. The Morgan fingerprint density at radius 1 is 0.731 bits per heavy atom. The van der Waals surface area contributed by atoms with Gasteiger partial charge in [-0.25, -0.2) is 0 Å². The Morgan fingerprint density at radius 3 is 1.42 bits per heavy atom. The molecular weight excluding hydrogens is 342 g/mol. The number of hydrogen-bond acceptors (Lipinski definition) is 7. The zero-order chi connectivity index (χ0) is 19.9. The molecule has 0 saturated carbocycles. The number of ketones is 1. The van der Waals surface area contributed by atoms with Crippen LogP contribution >= 0.6 is 0 Å². The highest BCUT2D eigenvalue weighted by Crippen LogP contribution is 1.99. The Hall–Kier alpha value is -1.55. The van der Waals surface area contributed by atoms with Crippen LogP contribution in [0.5, 0.6) is 0 Å². The van der Waals surface area contributed by atoms with Gasteiger partial charge in [-0.3, -0.25) is 29.1 Å². The third kappa shape index (κ3) is 12.8. The van der Waals surface area contributed by atoms with Crippen LogP contribution in [0.2, 0.25) is 0 Å². The fourth-order valence-corrected chi connectivity index (χ4v) is 2.56. The van der Waals surface area contributed by atoms with Crippen molar-refractivity contribution in [3.8, 4) is 0 Å². The molecule has 0 aromatic heterocycles. The van der Waals surface area contributed by atoms with Gasteiger partial charge in [0, 0.05) is 39.3 Å². The number of hydrogen-bond donors (Lipinski definition) is 2. The highest BCUT2D eigenvalue weighted by atomic mass is 16.5. The van der Waals surface area contributed by atoms with Crippen LogP contribution in [0.15, 0.2) is 0 Å². The normalized spacial score (nSPS) is 18.7. The summed E-state index contributed by atoms with van der Waals surface area (Å²) < 4.78 is 5.53. The molecule has 26 heavy (non-hydrogen) atoms. The molecule has 9 heteroatoms. The van der Waals surface area contributed by atoms with Gasteiger partial charge < -0.3 is 14.9 Å². The van der Waals surface area contributed by atoms with E-state index in [9.17, 15) is 14.4 Å². The van der Waals surface area contributed by atoms with Crippen LogP contribution in [0.4, 0.5) is 0 Å². The summed E-state index contributed by atoms with van der Waals surface area (Å²) >= 11 is 0. The molecule has 1 aliphatic rings. The van der Waals surface area contributed by atoms with E-state index in [-0.39, 0.29) is 18.9 Å². The molecule has 152 valence electrons. The number of carboxylic acid groups (broad SMARTS) is 2. The fraction of sp³-hybridized carbons (Fsp3) is 0.824. The first kappa shape index (κ1) is 24.5. The third-order valence-corrected chi connectivity index (χ3v) is 3.73. The van der Waals surface area contributed by atoms with Crippen molar-refractivity contribution in [2.45, 2.75) is 20.8 Å². The van der Waals surface area contributed by atoms with Crippen LogP contribution in [0.3, 0.4) is 0 Å². The quantitative estimate of drug-likeness (QED) is 0.647. The number of carbonyl (C=O) groups excluding carboxylic acids is 1. The number of carbonyl (C=O) groups is 3. The zero-order valence-electron chi connectivity index (χ0n) is 16.1. The Kier molecular flexibility index (Phi) is 13.7. The SMILES string of the molecule is CC.CC(=O)CN1CCOCCN(CC(=O)O)CCN(CC(=O)O)CC1. The maximum Gasteiger partial charge on any atom is 0.317 e. The first-order valence-corrected chi connectivity index (χ1v) is 9.04. The minimum Gasteiger partial charge on any atom is -0.480 e. The summed E-state index contributed by atoms with van der Waals surface area (Å²) in [7, 11) is 0. The molecule has 0 unspecified atom stereocenters. The summed E-state index contributed by atoms with van der Waals surface area (Å²) in [6.45, 7) is 9.52. The minimum atomic E-state index is -0.923. The molecule has 0 aliphatic carbocycles. The van der Waals surface area contributed by atoms with Gasteiger partial charge in [0.2, 0.25) is 0 Å². The summed E-state index contributed by atoms with van der Waals surface area (Å²) in [4.78, 5) is 38.7. The second-order valence-corrected chi connectivity index (χ2v) is 5.93. The molecule has 0 aromatic carbocycles. The summed E-state index contributed by atoms with van der Waals surface area (Å²) in [5, 5.41) is 18.0. The molecule has 0 atom stereocenters. The van der Waals surface area contributed by atoms with Crippen molar-refractivity contribution >= 4 is 17.7 Å². The fourth-order valence-electron chi connectivity index (χ4n) is 2.56. The van der Waals surface area contributed by atoms with E-state index in [0.29, 0.717) is 59.0 Å². The van der Waals surface area contributed by atoms with Gasteiger partial charge in [0.25, 0.3) is 0 Å². The van der Waals surface area contributed by atoms with E-state index in [2.05, 4.69) is 0 Å². The van der Waals surface area contributed by atoms with Gasteiger partial charge >= 0.3 is 11.9 Å². The summed E-state index contributed by atoms with van der Waals surface area (Å²) in [5.41, 5.74) is 0. The van der Waals surface area contributed by atoms with Crippen molar-refractivity contribution in [2.24, 2.45) is 0 Å². The molecule has 0 spiro atoms. The number of aliphatic carboxylic acids is 2. The maximum absolute atomic E-state index is 11.3. The van der Waals surface area contributed by atoms with Crippen molar-refractivity contribution in [3.05, 3.63) is 0 Å². The predicted octanol–water partition coefficient (Wildman–Crippen LogP) is -0.293. The van der Waals surface area contributed by atoms with Crippen LogP contribution < -0.4 is 0 Å². The van der Waals surface area contributed by atoms with Crippen LogP contribution in [0, 0.1) is 0 Å². The van der Waals surface area contributed by atoms with Gasteiger partial charge in [-0.1, -0.05) is 13.8 Å². The van der Waals surface area contributed by atoms with Gasteiger partial charge in [0.1, 0.15) is 5.78 Å². The zero-order valence-corrected chi connectivity index (χ0v) is 16.1. The Morgan fingerprint density at radius 2 is 1.08 bits per heavy atom. The molecular formula is C17H33N3O6. The van der Waals surface area contributed by atoms with Gasteiger partial charge in [0.05, 0.1) is 32.8 Å². The van der Waals surface area contributed by atoms with E-state index in [1.54, 1.807) is 9.80 Å². The smallest absolute Gasteiger partial charge is 0.317 e. The van der Waals surface area contributed by atoms with E-state index < -0.39 is 11.9 Å². The lowest BCUT2D eigenvalue weighted by Crippen LogP contribution is -2.45. The number of nitrogens with zero attached hydrogens (tertiary/aromatic N) is 3. The molecule has 1 heterocycles. The minimum absolute atomic E-state index is 0.0551. The van der Waals surface area contributed by atoms with Crippen LogP contribution in [-0.4, -0.2) is 115 Å². The molecule has 0 amide bonds. The monoisotopic (exact) mass is 375 g/mol. The summed E-state index contributed by atoms with van der Waals surface area (Å²) in [6, 6.07) is 0. The number of rotatable bonds is 6. The van der Waals surface area contributed by atoms with E-state index in [4.69, 9.17) is 14.9 Å². The number of ether oxygens (including phenoxy) is 1. The average molecular weight is 375 g/mol. The highest BCUT2D eigenvalue weighted by Gasteiger charge is 2.17. The highest BCUT2D eigenvalue weighted by molar-refractivity contribution is 5.77. The van der Waals surface area contributed by atoms with Crippen molar-refractivity contribution < 1.29 is 29.3 Å². The first-order valence-electron chi connectivity index (χ1n) is 9.04.